The molecule has 60 heavy (non-hydrogen) atoms. The van der Waals surface area contributed by atoms with E-state index >= 15 is 0 Å². The Labute approximate surface area is 349 Å². The van der Waals surface area contributed by atoms with Crippen molar-refractivity contribution >= 4 is 81.6 Å². The van der Waals surface area contributed by atoms with Gasteiger partial charge in [-0.2, -0.15) is 0 Å². The van der Waals surface area contributed by atoms with Crippen molar-refractivity contribution in [1.82, 2.24) is 4.98 Å². The van der Waals surface area contributed by atoms with E-state index in [4.69, 9.17) is 13.8 Å². The van der Waals surface area contributed by atoms with E-state index in [1.54, 1.807) is 0 Å². The Kier molecular flexibility index (Phi) is 8.00. The van der Waals surface area contributed by atoms with Gasteiger partial charge in [0.1, 0.15) is 16.7 Å². The molecule has 0 saturated carbocycles. The third-order valence-corrected chi connectivity index (χ3v) is 12.8. The van der Waals surface area contributed by atoms with Crippen molar-refractivity contribution in [2.75, 3.05) is 4.90 Å². The van der Waals surface area contributed by atoms with Crippen LogP contribution in [0.4, 0.5) is 17.1 Å². The second-order valence-corrected chi connectivity index (χ2v) is 16.2. The molecule has 0 saturated heterocycles. The molecule has 0 bridgehead atoms. The molecule has 12 aromatic rings. The van der Waals surface area contributed by atoms with Crippen molar-refractivity contribution in [2.24, 2.45) is 0 Å². The molecule has 3 aromatic heterocycles. The summed E-state index contributed by atoms with van der Waals surface area (Å²) >= 11 is 1.87. The van der Waals surface area contributed by atoms with Crippen molar-refractivity contribution in [3.8, 4) is 44.8 Å². The second-order valence-electron chi connectivity index (χ2n) is 15.1. The highest BCUT2D eigenvalue weighted by Gasteiger charge is 2.19. The molecule has 0 amide bonds. The summed E-state index contributed by atoms with van der Waals surface area (Å²) in [5.74, 6) is 0.603. The van der Waals surface area contributed by atoms with Gasteiger partial charge in [-0.15, -0.1) is 11.3 Å². The monoisotopic (exact) mass is 786 g/mol. The number of hydrogen-bond acceptors (Lipinski definition) is 5. The Bertz CT molecular complexity index is 3510. The summed E-state index contributed by atoms with van der Waals surface area (Å²) in [6, 6.07) is 72.9. The van der Waals surface area contributed by atoms with Gasteiger partial charge in [-0.1, -0.05) is 127 Å². The molecule has 0 radical (unpaired) electrons. The maximum Gasteiger partial charge on any atom is 0.227 e. The average molecular weight is 787 g/mol. The Hall–Kier alpha value is -7.73. The highest BCUT2D eigenvalue weighted by molar-refractivity contribution is 7.26. The molecule has 0 aliphatic rings. The molecule has 282 valence electrons. The first kappa shape index (κ1) is 34.3. The van der Waals surface area contributed by atoms with Crippen LogP contribution in [-0.4, -0.2) is 4.98 Å². The summed E-state index contributed by atoms with van der Waals surface area (Å²) in [5, 5.41) is 4.60. The van der Waals surface area contributed by atoms with Gasteiger partial charge in [-0.05, 0) is 112 Å². The maximum atomic E-state index is 6.45. The van der Waals surface area contributed by atoms with E-state index in [-0.39, 0.29) is 0 Å². The number of fused-ring (bicyclic) bond motifs is 8. The van der Waals surface area contributed by atoms with Crippen molar-refractivity contribution in [3.63, 3.8) is 0 Å². The fourth-order valence-corrected chi connectivity index (χ4v) is 9.82. The van der Waals surface area contributed by atoms with Gasteiger partial charge in [-0.25, -0.2) is 4.98 Å². The van der Waals surface area contributed by atoms with Crippen molar-refractivity contribution < 1.29 is 8.83 Å². The Morgan fingerprint density at radius 2 is 0.950 bits per heavy atom. The van der Waals surface area contributed by atoms with Gasteiger partial charge in [-0.3, -0.25) is 0 Å². The number of oxazole rings is 1. The number of furan rings is 1. The van der Waals surface area contributed by atoms with E-state index < -0.39 is 0 Å². The van der Waals surface area contributed by atoms with Crippen LogP contribution < -0.4 is 4.90 Å². The Morgan fingerprint density at radius 1 is 0.383 bits per heavy atom. The standard InChI is InChI=1S/C55H34N2O2S/c1-3-10-35(11-4-1)36-18-25-41(26-19-36)57(43-29-22-38(23-30-43)44-15-9-16-46-45-14-7-8-17-51(45)60-54(44)46)42-27-20-37(21-28-42)40-24-31-47-50(34-40)58-48-32-33-49-53(52(47)48)56-55(59-49)39-12-5-2-6-13-39/h1-34H. The molecular weight excluding hydrogens is 753 g/mol. The average Bonchev–Trinajstić information content (AvgIpc) is 4.04. The molecule has 0 aliphatic carbocycles. The highest BCUT2D eigenvalue weighted by Crippen LogP contribution is 2.43. The largest absolute Gasteiger partial charge is 0.456 e. The summed E-state index contributed by atoms with van der Waals surface area (Å²) in [6.45, 7) is 0. The van der Waals surface area contributed by atoms with Gasteiger partial charge in [0, 0.05) is 48.2 Å². The van der Waals surface area contributed by atoms with E-state index in [1.807, 2.05) is 53.8 Å². The van der Waals surface area contributed by atoms with Gasteiger partial charge in [0.15, 0.2) is 5.58 Å². The van der Waals surface area contributed by atoms with Crippen LogP contribution in [0.1, 0.15) is 0 Å². The smallest absolute Gasteiger partial charge is 0.227 e. The number of nitrogens with zero attached hydrogens (tertiary/aromatic N) is 2. The number of anilines is 3. The number of hydrogen-bond donors (Lipinski definition) is 0. The molecule has 0 N–H and O–H groups in total. The van der Waals surface area contributed by atoms with Crippen LogP contribution >= 0.6 is 11.3 Å². The summed E-state index contributed by atoms with van der Waals surface area (Å²) in [7, 11) is 0. The first-order valence-electron chi connectivity index (χ1n) is 20.1. The lowest BCUT2D eigenvalue weighted by Gasteiger charge is -2.26. The van der Waals surface area contributed by atoms with Gasteiger partial charge < -0.3 is 13.7 Å². The number of thiophene rings is 1. The van der Waals surface area contributed by atoms with Crippen molar-refractivity contribution in [1.29, 1.82) is 0 Å². The number of benzene rings is 9. The quantitative estimate of drug-likeness (QED) is 0.161. The predicted octanol–water partition coefficient (Wildman–Crippen LogP) is 16.2. The Balaban J connectivity index is 0.907. The lowest BCUT2D eigenvalue weighted by Crippen LogP contribution is -2.09. The minimum absolute atomic E-state index is 0.603. The lowest BCUT2D eigenvalue weighted by atomic mass is 10.0. The molecule has 5 heteroatoms. The Morgan fingerprint density at radius 3 is 1.67 bits per heavy atom. The van der Waals surface area contributed by atoms with Crippen molar-refractivity contribution in [2.45, 2.75) is 0 Å². The predicted molar refractivity (Wildman–Crippen MR) is 251 cm³/mol. The van der Waals surface area contributed by atoms with Crippen LogP contribution in [0, 0.1) is 0 Å². The highest BCUT2D eigenvalue weighted by atomic mass is 32.1. The van der Waals surface area contributed by atoms with Gasteiger partial charge in [0.05, 0.1) is 5.39 Å². The van der Waals surface area contributed by atoms with Crippen LogP contribution in [0.5, 0.6) is 0 Å². The zero-order valence-electron chi connectivity index (χ0n) is 32.2. The topological polar surface area (TPSA) is 42.4 Å². The fourth-order valence-electron chi connectivity index (χ4n) is 8.58. The molecule has 0 fully saturated rings. The SMILES string of the molecule is c1ccc(-c2ccc(N(c3ccc(-c4ccc5c(c4)oc4ccc6oc(-c7ccccc7)nc6c45)cc3)c3ccc(-c4cccc5c4sc4ccccc45)cc3)cc2)cc1. The molecule has 0 unspecified atom stereocenters. The first-order chi connectivity index (χ1) is 29.7. The summed E-state index contributed by atoms with van der Waals surface area (Å²) in [4.78, 5) is 7.25. The maximum absolute atomic E-state index is 6.45. The minimum atomic E-state index is 0.603. The number of rotatable bonds is 7. The summed E-state index contributed by atoms with van der Waals surface area (Å²) in [6.07, 6.45) is 0. The van der Waals surface area contributed by atoms with Crippen LogP contribution in [0.2, 0.25) is 0 Å². The molecule has 0 atom stereocenters. The minimum Gasteiger partial charge on any atom is -0.456 e. The molecule has 3 heterocycles. The molecule has 0 spiro atoms. The van der Waals surface area contributed by atoms with E-state index in [1.165, 1.54) is 42.4 Å². The van der Waals surface area contributed by atoms with Gasteiger partial charge in [0.2, 0.25) is 5.89 Å². The molecule has 0 aliphatic heterocycles. The van der Waals surface area contributed by atoms with Crippen LogP contribution in [0.3, 0.4) is 0 Å². The third kappa shape index (κ3) is 5.78. The van der Waals surface area contributed by atoms with Gasteiger partial charge in [0.25, 0.3) is 0 Å². The van der Waals surface area contributed by atoms with Crippen LogP contribution in [-0.2, 0) is 0 Å². The third-order valence-electron chi connectivity index (χ3n) is 11.5. The van der Waals surface area contributed by atoms with Crippen LogP contribution in [0.15, 0.2) is 215 Å². The van der Waals surface area contributed by atoms with E-state index in [0.29, 0.717) is 5.89 Å². The summed E-state index contributed by atoms with van der Waals surface area (Å²) < 4.78 is 15.3. The van der Waals surface area contributed by atoms with E-state index in [9.17, 15) is 0 Å². The fraction of sp³-hybridized carbons (Fsp3) is 0. The second kappa shape index (κ2) is 14.0. The lowest BCUT2D eigenvalue weighted by molar-refractivity contribution is 0.619. The van der Waals surface area contributed by atoms with E-state index in [2.05, 4.69) is 169 Å². The molecule has 9 aromatic carbocycles. The van der Waals surface area contributed by atoms with Crippen LogP contribution in [0.25, 0.3) is 98.0 Å². The summed E-state index contributed by atoms with van der Waals surface area (Å²) in [5.41, 5.74) is 14.4. The normalized spacial score (nSPS) is 11.7. The molecule has 4 nitrogen and oxygen atoms in total. The first-order valence-corrected chi connectivity index (χ1v) is 20.9. The van der Waals surface area contributed by atoms with Crippen molar-refractivity contribution in [3.05, 3.63) is 206 Å². The molecular formula is C55H34N2O2S. The number of aromatic nitrogens is 1. The van der Waals surface area contributed by atoms with Gasteiger partial charge >= 0.3 is 0 Å². The zero-order valence-corrected chi connectivity index (χ0v) is 33.1. The van der Waals surface area contributed by atoms with E-state index in [0.717, 1.165) is 66.8 Å². The molecule has 12 rings (SSSR count). The zero-order chi connectivity index (χ0) is 39.6.